The standard InChI is InChI=1S/C14H18FN.C5H10O2/c1-9-3-5-11(15)7-13(9)14-8-12(16)6-4-10(14)2;1-3-5(6)7-4-2/h3,5,7,12H,4,6,8,16H2,1-2H3;3-4H2,1-2H3. The third-order valence-electron chi connectivity index (χ3n) is 3.99. The molecular formula is C19H28FNO2. The van der Waals surface area contributed by atoms with E-state index in [2.05, 4.69) is 11.7 Å². The molecule has 2 rings (SSSR count). The van der Waals surface area contributed by atoms with Gasteiger partial charge >= 0.3 is 5.97 Å². The Kier molecular flexibility index (Phi) is 7.96. The number of rotatable bonds is 3. The van der Waals surface area contributed by atoms with Gasteiger partial charge in [0, 0.05) is 12.5 Å². The molecule has 3 nitrogen and oxygen atoms in total. The van der Waals surface area contributed by atoms with Crippen molar-refractivity contribution in [1.82, 2.24) is 0 Å². The van der Waals surface area contributed by atoms with Crippen molar-refractivity contribution in [3.63, 3.8) is 0 Å². The largest absolute Gasteiger partial charge is 0.466 e. The van der Waals surface area contributed by atoms with Crippen LogP contribution in [0.1, 0.15) is 57.6 Å². The Morgan fingerprint density at radius 2 is 2.04 bits per heavy atom. The van der Waals surface area contributed by atoms with Crippen LogP contribution in [0.2, 0.25) is 0 Å². The van der Waals surface area contributed by atoms with Crippen LogP contribution < -0.4 is 5.73 Å². The number of aryl methyl sites for hydroxylation is 1. The minimum atomic E-state index is -0.167. The maximum absolute atomic E-state index is 13.3. The van der Waals surface area contributed by atoms with E-state index in [9.17, 15) is 9.18 Å². The second kappa shape index (κ2) is 9.46. The number of benzene rings is 1. The Hall–Kier alpha value is -1.68. The molecule has 128 valence electrons. The molecule has 0 bridgehead atoms. The summed E-state index contributed by atoms with van der Waals surface area (Å²) >= 11 is 0. The number of ether oxygens (including phenoxy) is 1. The molecule has 0 fully saturated rings. The predicted molar refractivity (Wildman–Crippen MR) is 92.5 cm³/mol. The van der Waals surface area contributed by atoms with E-state index >= 15 is 0 Å². The van der Waals surface area contributed by atoms with Gasteiger partial charge in [-0.25, -0.2) is 4.39 Å². The van der Waals surface area contributed by atoms with Crippen LogP contribution in [-0.4, -0.2) is 18.6 Å². The molecule has 0 aliphatic heterocycles. The minimum Gasteiger partial charge on any atom is -0.466 e. The van der Waals surface area contributed by atoms with Gasteiger partial charge in [-0.15, -0.1) is 0 Å². The first-order valence-corrected chi connectivity index (χ1v) is 8.25. The molecule has 0 spiro atoms. The van der Waals surface area contributed by atoms with Crippen molar-refractivity contribution in [3.05, 3.63) is 40.7 Å². The zero-order chi connectivity index (χ0) is 17.4. The van der Waals surface area contributed by atoms with Crippen LogP contribution in [-0.2, 0) is 9.53 Å². The Morgan fingerprint density at radius 3 is 2.61 bits per heavy atom. The summed E-state index contributed by atoms with van der Waals surface area (Å²) in [6.07, 6.45) is 3.43. The molecule has 0 radical (unpaired) electrons. The molecule has 0 heterocycles. The fraction of sp³-hybridized carbons (Fsp3) is 0.526. The highest BCUT2D eigenvalue weighted by Crippen LogP contribution is 2.33. The quantitative estimate of drug-likeness (QED) is 0.841. The molecule has 0 aromatic heterocycles. The van der Waals surface area contributed by atoms with Crippen molar-refractivity contribution < 1.29 is 13.9 Å². The van der Waals surface area contributed by atoms with Gasteiger partial charge in [0.05, 0.1) is 6.61 Å². The van der Waals surface area contributed by atoms with Crippen LogP contribution in [0, 0.1) is 12.7 Å². The number of carbonyl (C=O) groups is 1. The second-order valence-corrected chi connectivity index (χ2v) is 5.88. The van der Waals surface area contributed by atoms with Crippen molar-refractivity contribution >= 4 is 11.5 Å². The van der Waals surface area contributed by atoms with Crippen LogP contribution in [0.4, 0.5) is 4.39 Å². The molecule has 0 saturated carbocycles. The maximum atomic E-state index is 13.3. The number of nitrogens with two attached hydrogens (primary N) is 1. The van der Waals surface area contributed by atoms with Gasteiger partial charge in [-0.3, -0.25) is 4.79 Å². The molecule has 0 saturated heterocycles. The minimum absolute atomic E-state index is 0.123. The van der Waals surface area contributed by atoms with Gasteiger partial charge in [0.25, 0.3) is 0 Å². The average molecular weight is 321 g/mol. The summed E-state index contributed by atoms with van der Waals surface area (Å²) in [5.41, 5.74) is 10.8. The van der Waals surface area contributed by atoms with Crippen LogP contribution in [0.3, 0.4) is 0 Å². The van der Waals surface area contributed by atoms with E-state index in [4.69, 9.17) is 5.73 Å². The normalized spacial score (nSPS) is 17.4. The first-order valence-electron chi connectivity index (χ1n) is 8.25. The molecule has 1 aliphatic rings. The zero-order valence-electron chi connectivity index (χ0n) is 14.6. The molecule has 1 atom stereocenters. The Balaban J connectivity index is 0.000000322. The third kappa shape index (κ3) is 6.14. The van der Waals surface area contributed by atoms with Crippen molar-refractivity contribution in [2.75, 3.05) is 6.61 Å². The SMILES string of the molecule is CC1=C(c2cc(F)ccc2C)CC(N)CC1.CCOC(=O)CC. The molecule has 4 heteroatoms. The van der Waals surface area contributed by atoms with Crippen LogP contribution in [0.5, 0.6) is 0 Å². The highest BCUT2D eigenvalue weighted by molar-refractivity contribution is 5.72. The summed E-state index contributed by atoms with van der Waals surface area (Å²) in [4.78, 5) is 10.2. The number of carbonyl (C=O) groups excluding carboxylic acids is 1. The molecule has 2 N–H and O–H groups in total. The maximum Gasteiger partial charge on any atom is 0.305 e. The average Bonchev–Trinajstić information content (AvgIpc) is 2.53. The van der Waals surface area contributed by atoms with Gasteiger partial charge in [-0.05, 0) is 68.9 Å². The Morgan fingerprint density at radius 1 is 1.35 bits per heavy atom. The van der Waals surface area contributed by atoms with E-state index in [1.807, 2.05) is 13.0 Å². The Labute approximate surface area is 138 Å². The lowest BCUT2D eigenvalue weighted by molar-refractivity contribution is -0.142. The van der Waals surface area contributed by atoms with E-state index in [-0.39, 0.29) is 17.8 Å². The molecule has 1 unspecified atom stereocenters. The fourth-order valence-electron chi connectivity index (χ4n) is 2.61. The van der Waals surface area contributed by atoms with Crippen molar-refractivity contribution in [2.24, 2.45) is 5.73 Å². The topological polar surface area (TPSA) is 52.3 Å². The zero-order valence-corrected chi connectivity index (χ0v) is 14.6. The number of esters is 1. The molecule has 1 aliphatic carbocycles. The van der Waals surface area contributed by atoms with Gasteiger partial charge in [-0.2, -0.15) is 0 Å². The van der Waals surface area contributed by atoms with E-state index in [0.717, 1.165) is 30.4 Å². The lowest BCUT2D eigenvalue weighted by Crippen LogP contribution is -2.23. The van der Waals surface area contributed by atoms with Crippen LogP contribution in [0.15, 0.2) is 23.8 Å². The van der Waals surface area contributed by atoms with Crippen molar-refractivity contribution in [3.8, 4) is 0 Å². The molecular weight excluding hydrogens is 293 g/mol. The van der Waals surface area contributed by atoms with Gasteiger partial charge in [0.15, 0.2) is 0 Å². The number of hydrogen-bond acceptors (Lipinski definition) is 3. The van der Waals surface area contributed by atoms with Gasteiger partial charge in [0.2, 0.25) is 0 Å². The summed E-state index contributed by atoms with van der Waals surface area (Å²) in [7, 11) is 0. The van der Waals surface area contributed by atoms with Gasteiger partial charge in [0.1, 0.15) is 5.82 Å². The molecule has 1 aromatic rings. The number of halogens is 1. The predicted octanol–water partition coefficient (Wildman–Crippen LogP) is 4.38. The first-order chi connectivity index (χ1) is 10.9. The third-order valence-corrected chi connectivity index (χ3v) is 3.99. The lowest BCUT2D eigenvalue weighted by atomic mass is 9.84. The second-order valence-electron chi connectivity index (χ2n) is 5.88. The Bertz CT molecular complexity index is 566. The van der Waals surface area contributed by atoms with Gasteiger partial charge < -0.3 is 10.5 Å². The highest BCUT2D eigenvalue weighted by atomic mass is 19.1. The number of allylic oxidation sites excluding steroid dienone is 1. The smallest absolute Gasteiger partial charge is 0.305 e. The highest BCUT2D eigenvalue weighted by Gasteiger charge is 2.18. The molecule has 1 aromatic carbocycles. The van der Waals surface area contributed by atoms with E-state index in [0.29, 0.717) is 13.0 Å². The first kappa shape index (κ1) is 19.4. The monoisotopic (exact) mass is 321 g/mol. The summed E-state index contributed by atoms with van der Waals surface area (Å²) in [5.74, 6) is -0.289. The van der Waals surface area contributed by atoms with E-state index in [1.54, 1.807) is 19.9 Å². The van der Waals surface area contributed by atoms with E-state index < -0.39 is 0 Å². The summed E-state index contributed by atoms with van der Waals surface area (Å²) in [6.45, 7) is 8.22. The van der Waals surface area contributed by atoms with Crippen molar-refractivity contribution in [1.29, 1.82) is 0 Å². The lowest BCUT2D eigenvalue weighted by Gasteiger charge is -2.24. The van der Waals surface area contributed by atoms with Crippen LogP contribution >= 0.6 is 0 Å². The van der Waals surface area contributed by atoms with Gasteiger partial charge in [-0.1, -0.05) is 18.6 Å². The summed E-state index contributed by atoms with van der Waals surface area (Å²) < 4.78 is 17.8. The van der Waals surface area contributed by atoms with E-state index in [1.165, 1.54) is 17.2 Å². The number of hydrogen-bond donors (Lipinski definition) is 1. The summed E-state index contributed by atoms with van der Waals surface area (Å²) in [5, 5.41) is 0. The fourth-order valence-corrected chi connectivity index (χ4v) is 2.61. The summed E-state index contributed by atoms with van der Waals surface area (Å²) in [6, 6.07) is 5.20. The van der Waals surface area contributed by atoms with Crippen LogP contribution in [0.25, 0.3) is 5.57 Å². The molecule has 0 amide bonds. The molecule has 23 heavy (non-hydrogen) atoms. The van der Waals surface area contributed by atoms with Crippen molar-refractivity contribution in [2.45, 2.75) is 59.4 Å².